The largest absolute Gasteiger partial charge is 0.507 e. The first-order valence-corrected chi connectivity index (χ1v) is 22.5. The third kappa shape index (κ3) is 8.20. The van der Waals surface area contributed by atoms with E-state index in [4.69, 9.17) is 14.4 Å². The van der Waals surface area contributed by atoms with Crippen LogP contribution in [0.1, 0.15) is 79.0 Å². The molecule has 66 heavy (non-hydrogen) atoms. The minimum absolute atomic E-state index is 0. The molecule has 0 aliphatic rings. The molecule has 3 heterocycles. The average molecular weight is 1040 g/mol. The Morgan fingerprint density at radius 2 is 1.20 bits per heavy atom. The van der Waals surface area contributed by atoms with Gasteiger partial charge in [-0.15, -0.1) is 29.3 Å². The van der Waals surface area contributed by atoms with Crippen LogP contribution >= 0.6 is 0 Å². The van der Waals surface area contributed by atoms with Crippen molar-refractivity contribution < 1.29 is 30.6 Å². The summed E-state index contributed by atoms with van der Waals surface area (Å²) in [5.41, 5.74) is 16.2. The van der Waals surface area contributed by atoms with Crippen LogP contribution in [0.15, 0.2) is 162 Å². The number of pyridine rings is 1. The smallest absolute Gasteiger partial charge is 0.148 e. The zero-order chi connectivity index (χ0) is 45.4. The van der Waals surface area contributed by atoms with E-state index in [-0.39, 0.29) is 43.1 Å². The number of hydrogen-bond acceptors (Lipinski definition) is 4. The number of imidazole rings is 1. The molecule has 0 atom stereocenters. The first kappa shape index (κ1) is 44.6. The van der Waals surface area contributed by atoms with Crippen LogP contribution in [0.2, 0.25) is 0 Å². The van der Waals surface area contributed by atoms with E-state index < -0.39 is 0 Å². The maximum atomic E-state index is 12.0. The number of benzene rings is 7. The van der Waals surface area contributed by atoms with Crippen LogP contribution in [-0.4, -0.2) is 19.6 Å². The van der Waals surface area contributed by atoms with Crippen molar-refractivity contribution >= 4 is 33.0 Å². The zero-order valence-corrected chi connectivity index (χ0v) is 41.3. The summed E-state index contributed by atoms with van der Waals surface area (Å²) >= 11 is 0. The SMILES string of the molecule is CC(C)(C)c1ccc(-c2ccnc(-c3[c-]c(-c4cccc5c4nc(-c4cc6c(cc4O)oc4ccccc46)n5-c4ccc(C(C)(C)C)cc4-c4ccccc4)cc(C(C)(C)C)c3)c2)cc1.[Pt]. The number of para-hydroxylation sites is 2. The van der Waals surface area contributed by atoms with Gasteiger partial charge in [0.15, 0.2) is 0 Å². The Labute approximate surface area is 402 Å². The van der Waals surface area contributed by atoms with E-state index in [1.165, 1.54) is 16.7 Å². The van der Waals surface area contributed by atoms with E-state index in [2.05, 4.69) is 194 Å². The number of aromatic hydroxyl groups is 1. The quantitative estimate of drug-likeness (QED) is 0.169. The summed E-state index contributed by atoms with van der Waals surface area (Å²) in [6.07, 6.45) is 1.90. The van der Waals surface area contributed by atoms with Gasteiger partial charge in [-0.3, -0.25) is 9.55 Å². The molecule has 0 amide bonds. The summed E-state index contributed by atoms with van der Waals surface area (Å²) in [7, 11) is 0. The van der Waals surface area contributed by atoms with E-state index in [1.54, 1.807) is 6.07 Å². The van der Waals surface area contributed by atoms with Gasteiger partial charge in [-0.25, -0.2) is 4.98 Å². The zero-order valence-electron chi connectivity index (χ0n) is 39.0. The number of phenolic OH excluding ortho intramolecular Hbond substituents is 1. The van der Waals surface area contributed by atoms with Crippen molar-refractivity contribution in [2.75, 3.05) is 0 Å². The molecule has 3 aromatic heterocycles. The Morgan fingerprint density at radius 1 is 0.515 bits per heavy atom. The molecule has 10 aromatic rings. The molecule has 0 saturated carbocycles. The van der Waals surface area contributed by atoms with Gasteiger partial charge in [-0.1, -0.05) is 171 Å². The van der Waals surface area contributed by atoms with Crippen LogP contribution in [-0.2, 0) is 37.3 Å². The second-order valence-corrected chi connectivity index (χ2v) is 20.5. The summed E-state index contributed by atoms with van der Waals surface area (Å²) in [6.45, 7) is 20.2. The molecule has 0 radical (unpaired) electrons. The molecule has 0 fully saturated rings. The van der Waals surface area contributed by atoms with Crippen molar-refractivity contribution in [2.45, 2.75) is 78.6 Å². The second-order valence-electron chi connectivity index (χ2n) is 20.5. The van der Waals surface area contributed by atoms with Gasteiger partial charge in [-0.05, 0) is 80.5 Å². The third-order valence-corrected chi connectivity index (χ3v) is 12.8. The van der Waals surface area contributed by atoms with Gasteiger partial charge in [0.2, 0.25) is 0 Å². The van der Waals surface area contributed by atoms with E-state index in [0.29, 0.717) is 17.0 Å². The van der Waals surface area contributed by atoms with Crippen LogP contribution < -0.4 is 0 Å². The Balaban J connectivity index is 0.00000548. The van der Waals surface area contributed by atoms with Crippen LogP contribution in [0.3, 0.4) is 0 Å². The molecule has 0 aliphatic carbocycles. The van der Waals surface area contributed by atoms with Crippen LogP contribution in [0, 0.1) is 6.07 Å². The van der Waals surface area contributed by atoms with Crippen LogP contribution in [0.25, 0.3) is 94.7 Å². The normalized spacial score (nSPS) is 12.3. The van der Waals surface area contributed by atoms with Gasteiger partial charge < -0.3 is 9.52 Å². The summed E-state index contributed by atoms with van der Waals surface area (Å²) in [4.78, 5) is 10.5. The minimum Gasteiger partial charge on any atom is -0.507 e. The van der Waals surface area contributed by atoms with E-state index >= 15 is 0 Å². The fourth-order valence-corrected chi connectivity index (χ4v) is 8.93. The van der Waals surface area contributed by atoms with Gasteiger partial charge >= 0.3 is 0 Å². The predicted molar refractivity (Wildman–Crippen MR) is 270 cm³/mol. The molecular weight excluding hydrogens is 990 g/mol. The number of aromatic nitrogens is 3. The molecule has 1 N–H and O–H groups in total. The molecule has 7 aromatic carbocycles. The van der Waals surface area contributed by atoms with Gasteiger partial charge in [0.25, 0.3) is 0 Å². The standard InChI is InChI=1S/C60H54N3O2.Pt/c1-58(2,3)42-24-22-37(23-25-42)39-28-29-61-50(33-39)41-30-40(31-44(32-41)60(7,8)9)45-19-15-20-52-56(45)62-57(49-35-48-46-18-13-14-21-54(46)65-55(48)36-53(49)64)63(52)51-27-26-43(59(4,5)6)34-47(51)38-16-11-10-12-17-38;/h10-29,31-36,64H,1-9H3;/q-1;. The van der Waals surface area contributed by atoms with Crippen molar-refractivity contribution in [1.29, 1.82) is 0 Å². The summed E-state index contributed by atoms with van der Waals surface area (Å²) in [5, 5.41) is 13.9. The van der Waals surface area contributed by atoms with Crippen molar-refractivity contribution in [3.8, 4) is 67.5 Å². The van der Waals surface area contributed by atoms with Crippen LogP contribution in [0.4, 0.5) is 0 Å². The molecule has 332 valence electrons. The van der Waals surface area contributed by atoms with E-state index in [0.717, 1.165) is 77.7 Å². The maximum Gasteiger partial charge on any atom is 0.148 e. The fourth-order valence-electron chi connectivity index (χ4n) is 8.93. The summed E-state index contributed by atoms with van der Waals surface area (Å²) < 4.78 is 8.46. The molecule has 0 unspecified atom stereocenters. The molecule has 0 saturated heterocycles. The van der Waals surface area contributed by atoms with E-state index in [9.17, 15) is 5.11 Å². The summed E-state index contributed by atoms with van der Waals surface area (Å²) in [5.74, 6) is 0.710. The molecule has 0 bridgehead atoms. The Bertz CT molecular complexity index is 3430. The van der Waals surface area contributed by atoms with Crippen molar-refractivity contribution in [2.24, 2.45) is 0 Å². The van der Waals surface area contributed by atoms with Gasteiger partial charge in [-0.2, -0.15) is 0 Å². The maximum absolute atomic E-state index is 12.0. The minimum atomic E-state index is -0.175. The topological polar surface area (TPSA) is 64.1 Å². The molecule has 10 rings (SSSR count). The fraction of sp³-hybridized carbons (Fsp3) is 0.200. The number of hydrogen-bond donors (Lipinski definition) is 1. The Morgan fingerprint density at radius 3 is 1.92 bits per heavy atom. The second kappa shape index (κ2) is 16.7. The third-order valence-electron chi connectivity index (χ3n) is 12.8. The van der Waals surface area contributed by atoms with Crippen molar-refractivity contribution in [3.05, 3.63) is 181 Å². The van der Waals surface area contributed by atoms with Crippen molar-refractivity contribution in [3.63, 3.8) is 0 Å². The Kier molecular flexibility index (Phi) is 11.3. The monoisotopic (exact) mass is 1040 g/mol. The molecule has 5 nitrogen and oxygen atoms in total. The molecule has 0 spiro atoms. The van der Waals surface area contributed by atoms with Gasteiger partial charge in [0.1, 0.15) is 22.7 Å². The number of fused-ring (bicyclic) bond motifs is 4. The average Bonchev–Trinajstić information content (AvgIpc) is 3.86. The van der Waals surface area contributed by atoms with Crippen LogP contribution in [0.5, 0.6) is 5.75 Å². The number of rotatable bonds is 6. The Hall–Kier alpha value is -6.55. The number of phenols is 1. The number of furan rings is 1. The molecular formula is C60H54N3O2Pt-. The molecule has 6 heteroatoms. The first-order chi connectivity index (χ1) is 31.0. The van der Waals surface area contributed by atoms with Gasteiger partial charge in [0, 0.05) is 55.4 Å². The van der Waals surface area contributed by atoms with E-state index in [1.807, 2.05) is 30.5 Å². The van der Waals surface area contributed by atoms with Crippen molar-refractivity contribution in [1.82, 2.24) is 14.5 Å². The first-order valence-electron chi connectivity index (χ1n) is 22.5. The predicted octanol–water partition coefficient (Wildman–Crippen LogP) is 16.1. The molecule has 0 aliphatic heterocycles. The van der Waals surface area contributed by atoms with Gasteiger partial charge in [0.05, 0.1) is 22.3 Å². The number of nitrogens with zero attached hydrogens (tertiary/aromatic N) is 3. The summed E-state index contributed by atoms with van der Waals surface area (Å²) in [6, 6.07) is 56.9.